The number of carbonyl (C=O) groups excluding carboxylic acids is 2. The van der Waals surface area contributed by atoms with Crippen molar-refractivity contribution >= 4 is 27.7 Å². The van der Waals surface area contributed by atoms with Crippen molar-refractivity contribution in [3.63, 3.8) is 0 Å². The second-order valence-corrected chi connectivity index (χ2v) is 10.1. The zero-order valence-corrected chi connectivity index (χ0v) is 23.3. The normalized spacial score (nSPS) is 12.5. The van der Waals surface area contributed by atoms with Crippen molar-refractivity contribution in [2.24, 2.45) is 0 Å². The quantitative estimate of drug-likeness (QED) is 0.302. The van der Waals surface area contributed by atoms with Gasteiger partial charge >= 0.3 is 0 Å². The number of carbonyl (C=O) groups is 2. The van der Waals surface area contributed by atoms with Gasteiger partial charge < -0.3 is 15.0 Å². The van der Waals surface area contributed by atoms with E-state index in [2.05, 4.69) is 21.2 Å². The molecule has 2 amide bonds. The Morgan fingerprint density at radius 2 is 1.65 bits per heavy atom. The van der Waals surface area contributed by atoms with Crippen LogP contribution in [0.2, 0.25) is 0 Å². The van der Waals surface area contributed by atoms with Crippen LogP contribution in [0.15, 0.2) is 71.2 Å². The van der Waals surface area contributed by atoms with E-state index < -0.39 is 17.8 Å². The fourth-order valence-corrected chi connectivity index (χ4v) is 4.25. The molecule has 3 rings (SSSR count). The Morgan fingerprint density at radius 1 is 1.03 bits per heavy atom. The van der Waals surface area contributed by atoms with Gasteiger partial charge in [-0.25, -0.2) is 4.39 Å². The monoisotopic (exact) mass is 568 g/mol. The second kappa shape index (κ2) is 13.4. The topological polar surface area (TPSA) is 58.6 Å². The van der Waals surface area contributed by atoms with Gasteiger partial charge in [-0.15, -0.1) is 0 Å². The van der Waals surface area contributed by atoms with Crippen LogP contribution < -0.4 is 10.1 Å². The Kier molecular flexibility index (Phi) is 10.3. The van der Waals surface area contributed by atoms with Gasteiger partial charge in [-0.3, -0.25) is 9.59 Å². The molecule has 1 N–H and O–H groups in total. The van der Waals surface area contributed by atoms with Gasteiger partial charge in [-0.05, 0) is 62.1 Å². The molecule has 0 saturated carbocycles. The minimum absolute atomic E-state index is 0.0569. The average Bonchev–Trinajstić information content (AvgIpc) is 2.89. The molecule has 3 aromatic carbocycles. The molecule has 0 aliphatic rings. The van der Waals surface area contributed by atoms with E-state index in [1.807, 2.05) is 70.2 Å². The average molecular weight is 570 g/mol. The molecule has 5 nitrogen and oxygen atoms in total. The smallest absolute Gasteiger partial charge is 0.261 e. The summed E-state index contributed by atoms with van der Waals surface area (Å²) in [6, 6.07) is 18.6. The first kappa shape index (κ1) is 28.4. The molecule has 0 aliphatic carbocycles. The van der Waals surface area contributed by atoms with Crippen molar-refractivity contribution in [3.8, 4) is 5.75 Å². The molecule has 2 atom stereocenters. The molecular formula is C30H34BrFN2O3. The summed E-state index contributed by atoms with van der Waals surface area (Å²) in [7, 11) is 0. The van der Waals surface area contributed by atoms with Gasteiger partial charge in [0.15, 0.2) is 6.61 Å². The van der Waals surface area contributed by atoms with Crippen molar-refractivity contribution in [2.45, 2.75) is 59.2 Å². The van der Waals surface area contributed by atoms with Crippen molar-refractivity contribution in [1.29, 1.82) is 0 Å². The number of nitrogens with one attached hydrogen (secondary N) is 1. The van der Waals surface area contributed by atoms with E-state index in [9.17, 15) is 14.0 Å². The van der Waals surface area contributed by atoms with Gasteiger partial charge in [0.05, 0.1) is 0 Å². The van der Waals surface area contributed by atoms with Crippen LogP contribution in [0, 0.1) is 19.7 Å². The van der Waals surface area contributed by atoms with Crippen molar-refractivity contribution in [1.82, 2.24) is 10.2 Å². The number of ether oxygens (including phenoxy) is 1. The van der Waals surface area contributed by atoms with Crippen LogP contribution in [0.4, 0.5) is 4.39 Å². The van der Waals surface area contributed by atoms with Crippen LogP contribution in [-0.2, 0) is 22.6 Å². The predicted octanol–water partition coefficient (Wildman–Crippen LogP) is 6.14. The highest BCUT2D eigenvalue weighted by atomic mass is 79.9. The molecule has 196 valence electrons. The summed E-state index contributed by atoms with van der Waals surface area (Å²) >= 11 is 3.54. The summed E-state index contributed by atoms with van der Waals surface area (Å²) in [5.41, 5.74) is 3.21. The number of nitrogens with zero attached hydrogens (tertiary/aromatic N) is 1. The third-order valence-electron chi connectivity index (χ3n) is 6.34. The summed E-state index contributed by atoms with van der Waals surface area (Å²) in [6.45, 7) is 7.46. The number of hydrogen-bond acceptors (Lipinski definition) is 3. The Bertz CT molecular complexity index is 1200. The van der Waals surface area contributed by atoms with Crippen LogP contribution in [0.5, 0.6) is 5.75 Å². The maximum Gasteiger partial charge on any atom is 0.261 e. The molecule has 0 unspecified atom stereocenters. The SMILES string of the molecule is CC[C@H](C)NC(=O)[C@H](Cc1ccccc1)N(Cc1ccccc1F)C(=O)COc1cc(C)c(Br)c(C)c1. The summed E-state index contributed by atoms with van der Waals surface area (Å²) in [6.07, 6.45) is 1.04. The first-order valence-electron chi connectivity index (χ1n) is 12.5. The highest BCUT2D eigenvalue weighted by Gasteiger charge is 2.31. The lowest BCUT2D eigenvalue weighted by Gasteiger charge is -2.32. The van der Waals surface area contributed by atoms with Gasteiger partial charge in [0.25, 0.3) is 5.91 Å². The molecule has 0 aliphatic heterocycles. The molecule has 7 heteroatoms. The van der Waals surface area contributed by atoms with Gasteiger partial charge in [-0.1, -0.05) is 71.4 Å². The van der Waals surface area contributed by atoms with Gasteiger partial charge in [0.2, 0.25) is 5.91 Å². The summed E-state index contributed by atoms with van der Waals surface area (Å²) in [5.74, 6) is -0.554. The molecule has 0 spiro atoms. The molecule has 0 fully saturated rings. The van der Waals surface area contributed by atoms with Crippen molar-refractivity contribution < 1.29 is 18.7 Å². The van der Waals surface area contributed by atoms with Gasteiger partial charge in [0, 0.05) is 29.0 Å². The predicted molar refractivity (Wildman–Crippen MR) is 148 cm³/mol. The summed E-state index contributed by atoms with van der Waals surface area (Å²) in [5, 5.41) is 3.01. The van der Waals surface area contributed by atoms with E-state index in [0.29, 0.717) is 17.7 Å². The lowest BCUT2D eigenvalue weighted by Crippen LogP contribution is -2.53. The van der Waals surface area contributed by atoms with Crippen LogP contribution in [0.25, 0.3) is 0 Å². The maximum atomic E-state index is 14.7. The number of hydrogen-bond donors (Lipinski definition) is 1. The molecule has 0 bridgehead atoms. The fourth-order valence-electron chi connectivity index (χ4n) is 4.02. The lowest BCUT2D eigenvalue weighted by atomic mass is 10.0. The van der Waals surface area contributed by atoms with Gasteiger partial charge in [-0.2, -0.15) is 0 Å². The third-order valence-corrected chi connectivity index (χ3v) is 7.59. The maximum absolute atomic E-state index is 14.7. The van der Waals surface area contributed by atoms with Crippen LogP contribution in [0.3, 0.4) is 0 Å². The highest BCUT2D eigenvalue weighted by Crippen LogP contribution is 2.26. The molecule has 37 heavy (non-hydrogen) atoms. The number of halogens is 2. The number of aryl methyl sites for hydroxylation is 2. The first-order valence-corrected chi connectivity index (χ1v) is 13.3. The number of amides is 2. The van der Waals surface area contributed by atoms with E-state index in [1.54, 1.807) is 18.2 Å². The first-order chi connectivity index (χ1) is 17.7. The number of benzene rings is 3. The van der Waals surface area contributed by atoms with Crippen molar-refractivity contribution in [2.75, 3.05) is 6.61 Å². The van der Waals surface area contributed by atoms with Crippen LogP contribution in [0.1, 0.15) is 42.5 Å². The zero-order valence-electron chi connectivity index (χ0n) is 21.8. The van der Waals surface area contributed by atoms with E-state index >= 15 is 0 Å². The third kappa shape index (κ3) is 7.89. The molecule has 0 saturated heterocycles. The largest absolute Gasteiger partial charge is 0.484 e. The van der Waals surface area contributed by atoms with E-state index in [4.69, 9.17) is 4.74 Å². The molecule has 0 heterocycles. The van der Waals surface area contributed by atoms with Crippen LogP contribution in [-0.4, -0.2) is 35.4 Å². The van der Waals surface area contributed by atoms with Crippen LogP contribution >= 0.6 is 15.9 Å². The standard InChI is InChI=1S/C30H34BrFN2O3/c1-5-22(4)33-30(36)27(17-23-11-7-6-8-12-23)34(18-24-13-9-10-14-26(24)32)28(35)19-37-25-15-20(2)29(31)21(3)16-25/h6-16,22,27H,5,17-19H2,1-4H3,(H,33,36)/t22-,27-/m0/s1. The van der Waals surface area contributed by atoms with E-state index in [-0.39, 0.29) is 25.1 Å². The fraction of sp³-hybridized carbons (Fsp3) is 0.333. The van der Waals surface area contributed by atoms with E-state index in [0.717, 1.165) is 27.6 Å². The van der Waals surface area contributed by atoms with E-state index in [1.165, 1.54) is 11.0 Å². The zero-order chi connectivity index (χ0) is 26.9. The lowest BCUT2D eigenvalue weighted by molar-refractivity contribution is -0.143. The number of rotatable bonds is 11. The summed E-state index contributed by atoms with van der Waals surface area (Å²) < 4.78 is 21.5. The Labute approximate surface area is 227 Å². The minimum Gasteiger partial charge on any atom is -0.484 e. The molecule has 0 radical (unpaired) electrons. The molecule has 3 aromatic rings. The minimum atomic E-state index is -0.847. The highest BCUT2D eigenvalue weighted by molar-refractivity contribution is 9.10. The Hall–Kier alpha value is -3.19. The molecular weight excluding hydrogens is 535 g/mol. The van der Waals surface area contributed by atoms with Crippen molar-refractivity contribution in [3.05, 3.63) is 99.3 Å². The second-order valence-electron chi connectivity index (χ2n) is 9.30. The Morgan fingerprint density at radius 3 is 2.27 bits per heavy atom. The molecule has 0 aromatic heterocycles. The van der Waals surface area contributed by atoms with Gasteiger partial charge in [0.1, 0.15) is 17.6 Å². The summed E-state index contributed by atoms with van der Waals surface area (Å²) in [4.78, 5) is 28.6. The Balaban J connectivity index is 1.94.